The largest absolute Gasteiger partial charge is 0.497 e. The van der Waals surface area contributed by atoms with E-state index in [1.807, 2.05) is 30.5 Å². The summed E-state index contributed by atoms with van der Waals surface area (Å²) in [5.41, 5.74) is 2.40. The molecule has 0 spiro atoms. The Hall–Kier alpha value is -3.58. The number of amides is 2. The summed E-state index contributed by atoms with van der Waals surface area (Å²) in [6.07, 6.45) is 7.21. The highest BCUT2D eigenvalue weighted by molar-refractivity contribution is 6.06. The molecule has 3 N–H and O–H groups in total. The molecule has 0 unspecified atom stereocenters. The lowest BCUT2D eigenvalue weighted by Crippen LogP contribution is -2.40. The van der Waals surface area contributed by atoms with Crippen LogP contribution in [0, 0.1) is 0 Å². The van der Waals surface area contributed by atoms with Crippen LogP contribution in [-0.4, -0.2) is 55.0 Å². The number of fused-ring (bicyclic) bond motifs is 1. The van der Waals surface area contributed by atoms with E-state index in [4.69, 9.17) is 4.74 Å². The van der Waals surface area contributed by atoms with Crippen LogP contribution in [0.5, 0.6) is 5.75 Å². The summed E-state index contributed by atoms with van der Waals surface area (Å²) in [7, 11) is 1.62. The van der Waals surface area contributed by atoms with Gasteiger partial charge in [-0.05, 0) is 62.3 Å². The van der Waals surface area contributed by atoms with E-state index in [1.165, 1.54) is 19.3 Å². The average molecular weight is 447 g/mol. The maximum atomic E-state index is 13.1. The zero-order chi connectivity index (χ0) is 23.0. The molecule has 0 atom stereocenters. The minimum atomic E-state index is -0.328. The third kappa shape index (κ3) is 5.81. The summed E-state index contributed by atoms with van der Waals surface area (Å²) in [5.74, 6) is 0.0802. The molecule has 2 aromatic carbocycles. The maximum Gasteiger partial charge on any atom is 0.267 e. The van der Waals surface area contributed by atoms with Crippen molar-refractivity contribution in [3.63, 3.8) is 0 Å². The smallest absolute Gasteiger partial charge is 0.267 e. The molecule has 1 aliphatic heterocycles. The molecule has 0 saturated carbocycles. The van der Waals surface area contributed by atoms with Crippen LogP contribution >= 0.6 is 0 Å². The Bertz CT molecular complexity index is 1130. The second-order valence-corrected chi connectivity index (χ2v) is 8.19. The van der Waals surface area contributed by atoms with Crippen LogP contribution in [0.15, 0.2) is 60.4 Å². The summed E-state index contributed by atoms with van der Waals surface area (Å²) < 4.78 is 5.34. The van der Waals surface area contributed by atoms with Gasteiger partial charge < -0.3 is 25.3 Å². The number of carbonyl (C=O) groups excluding carboxylic acids is 2. The van der Waals surface area contributed by atoms with E-state index in [0.29, 0.717) is 12.1 Å². The van der Waals surface area contributed by atoms with Crippen LogP contribution < -0.4 is 15.4 Å². The molecule has 2 heterocycles. The fraction of sp³-hybridized carbons (Fsp3) is 0.308. The minimum absolute atomic E-state index is 0.200. The number of rotatable bonds is 8. The summed E-state index contributed by atoms with van der Waals surface area (Å²) in [4.78, 5) is 31.5. The predicted molar refractivity (Wildman–Crippen MR) is 130 cm³/mol. The second-order valence-electron chi connectivity index (χ2n) is 8.19. The van der Waals surface area contributed by atoms with E-state index in [0.717, 1.165) is 41.9 Å². The Morgan fingerprint density at radius 3 is 2.64 bits per heavy atom. The van der Waals surface area contributed by atoms with Crippen LogP contribution in [0.4, 0.5) is 0 Å². The highest BCUT2D eigenvalue weighted by atomic mass is 16.5. The van der Waals surface area contributed by atoms with Crippen molar-refractivity contribution >= 4 is 28.8 Å². The molecule has 1 fully saturated rings. The molecule has 172 valence electrons. The average Bonchev–Trinajstić information content (AvgIpc) is 3.26. The number of benzene rings is 2. The minimum Gasteiger partial charge on any atom is -0.497 e. The summed E-state index contributed by atoms with van der Waals surface area (Å²) in [6, 6.07) is 14.6. The lowest BCUT2D eigenvalue weighted by Gasteiger charge is -2.26. The molecule has 7 heteroatoms. The molecule has 0 bridgehead atoms. The fourth-order valence-corrected chi connectivity index (χ4v) is 4.07. The van der Waals surface area contributed by atoms with Crippen molar-refractivity contribution in [3.8, 4) is 5.75 Å². The third-order valence-electron chi connectivity index (χ3n) is 5.91. The summed E-state index contributed by atoms with van der Waals surface area (Å²) in [5, 5.41) is 6.68. The summed E-state index contributed by atoms with van der Waals surface area (Å²) >= 11 is 0. The van der Waals surface area contributed by atoms with Gasteiger partial charge in [0.05, 0.1) is 7.11 Å². The topological polar surface area (TPSA) is 86.5 Å². The van der Waals surface area contributed by atoms with Crippen molar-refractivity contribution in [1.29, 1.82) is 0 Å². The molecule has 3 aromatic rings. The number of aromatic amines is 1. The lowest BCUT2D eigenvalue weighted by molar-refractivity contribution is -0.117. The van der Waals surface area contributed by atoms with Crippen LogP contribution in [0.2, 0.25) is 0 Å². The first kappa shape index (κ1) is 22.6. The van der Waals surface area contributed by atoms with Gasteiger partial charge in [-0.25, -0.2) is 0 Å². The first-order valence-electron chi connectivity index (χ1n) is 11.4. The number of carbonyl (C=O) groups is 2. The molecule has 33 heavy (non-hydrogen) atoms. The predicted octanol–water partition coefficient (Wildman–Crippen LogP) is 3.55. The molecule has 1 saturated heterocycles. The Morgan fingerprint density at radius 1 is 1.09 bits per heavy atom. The molecular weight excluding hydrogens is 416 g/mol. The van der Waals surface area contributed by atoms with Crippen molar-refractivity contribution in [3.05, 3.63) is 71.6 Å². The highest BCUT2D eigenvalue weighted by Crippen LogP contribution is 2.25. The van der Waals surface area contributed by atoms with E-state index in [-0.39, 0.29) is 17.5 Å². The normalized spacial score (nSPS) is 14.8. The van der Waals surface area contributed by atoms with Gasteiger partial charge in [-0.3, -0.25) is 9.59 Å². The number of piperidine rings is 1. The Balaban J connectivity index is 1.55. The van der Waals surface area contributed by atoms with Crippen molar-refractivity contribution in [1.82, 2.24) is 20.5 Å². The van der Waals surface area contributed by atoms with E-state index < -0.39 is 0 Å². The van der Waals surface area contributed by atoms with Gasteiger partial charge in [0, 0.05) is 41.3 Å². The van der Waals surface area contributed by atoms with Crippen molar-refractivity contribution < 1.29 is 14.3 Å². The zero-order valence-corrected chi connectivity index (χ0v) is 18.9. The number of hydrogen-bond donors (Lipinski definition) is 3. The van der Waals surface area contributed by atoms with Gasteiger partial charge in [-0.1, -0.05) is 24.6 Å². The molecule has 1 aliphatic rings. The maximum absolute atomic E-state index is 13.1. The second kappa shape index (κ2) is 10.8. The summed E-state index contributed by atoms with van der Waals surface area (Å²) in [6.45, 7) is 3.47. The third-order valence-corrected chi connectivity index (χ3v) is 5.91. The number of likely N-dealkylation sites (tertiary alicyclic amines) is 1. The quantitative estimate of drug-likeness (QED) is 0.462. The van der Waals surface area contributed by atoms with Crippen molar-refractivity contribution in [2.45, 2.75) is 19.3 Å². The number of hydrogen-bond acceptors (Lipinski definition) is 4. The van der Waals surface area contributed by atoms with Gasteiger partial charge in [-0.15, -0.1) is 0 Å². The van der Waals surface area contributed by atoms with Gasteiger partial charge in [-0.2, -0.15) is 0 Å². The van der Waals surface area contributed by atoms with Gasteiger partial charge in [0.1, 0.15) is 11.4 Å². The SMILES string of the molecule is COc1ccc2[nH]cc(C=C(NC(=O)c3ccccc3)C(=O)NCCN3CCCCC3)c2c1. The van der Waals surface area contributed by atoms with Crippen molar-refractivity contribution in [2.75, 3.05) is 33.3 Å². The molecule has 7 nitrogen and oxygen atoms in total. The van der Waals surface area contributed by atoms with Crippen LogP contribution in [0.1, 0.15) is 35.2 Å². The van der Waals surface area contributed by atoms with E-state index >= 15 is 0 Å². The first-order valence-corrected chi connectivity index (χ1v) is 11.4. The molecule has 0 radical (unpaired) electrons. The molecule has 1 aromatic heterocycles. The van der Waals surface area contributed by atoms with Gasteiger partial charge in [0.15, 0.2) is 0 Å². The molecule has 0 aliphatic carbocycles. The van der Waals surface area contributed by atoms with Crippen LogP contribution in [-0.2, 0) is 4.79 Å². The monoisotopic (exact) mass is 446 g/mol. The molecule has 4 rings (SSSR count). The number of H-pyrrole nitrogens is 1. The Kier molecular flexibility index (Phi) is 7.42. The highest BCUT2D eigenvalue weighted by Gasteiger charge is 2.16. The zero-order valence-electron chi connectivity index (χ0n) is 18.9. The number of aromatic nitrogens is 1. The van der Waals surface area contributed by atoms with Gasteiger partial charge in [0.2, 0.25) is 0 Å². The lowest BCUT2D eigenvalue weighted by atomic mass is 10.1. The van der Waals surface area contributed by atoms with Gasteiger partial charge >= 0.3 is 0 Å². The molecular formula is C26H30N4O3. The van der Waals surface area contributed by atoms with E-state index in [2.05, 4.69) is 20.5 Å². The Morgan fingerprint density at radius 2 is 1.88 bits per heavy atom. The number of methoxy groups -OCH3 is 1. The molecule has 2 amide bonds. The fourth-order valence-electron chi connectivity index (χ4n) is 4.07. The van der Waals surface area contributed by atoms with E-state index in [1.54, 1.807) is 37.5 Å². The van der Waals surface area contributed by atoms with Crippen molar-refractivity contribution in [2.24, 2.45) is 0 Å². The van der Waals surface area contributed by atoms with Crippen LogP contribution in [0.3, 0.4) is 0 Å². The number of ether oxygens (including phenoxy) is 1. The number of nitrogens with zero attached hydrogens (tertiary/aromatic N) is 1. The number of nitrogens with one attached hydrogen (secondary N) is 3. The van der Waals surface area contributed by atoms with E-state index in [9.17, 15) is 9.59 Å². The first-order chi connectivity index (χ1) is 16.1. The van der Waals surface area contributed by atoms with Crippen LogP contribution in [0.25, 0.3) is 17.0 Å². The van der Waals surface area contributed by atoms with Gasteiger partial charge in [0.25, 0.3) is 11.8 Å². The Labute approximate surface area is 193 Å². The standard InChI is InChI=1S/C26H30N4O3/c1-33-21-10-11-23-22(17-21)20(18-28-23)16-24(29-25(31)19-8-4-2-5-9-19)26(32)27-12-15-30-13-6-3-7-14-30/h2,4-5,8-11,16-18,28H,3,6-7,12-15H2,1H3,(H,27,32)(H,29,31).